The average Bonchev–Trinajstić information content (AvgIpc) is 2.90. The van der Waals surface area contributed by atoms with Crippen molar-refractivity contribution in [3.8, 4) is 0 Å². The van der Waals surface area contributed by atoms with Crippen molar-refractivity contribution in [2.24, 2.45) is 0 Å². The maximum atomic E-state index is 12.7. The first-order chi connectivity index (χ1) is 11.9. The van der Waals surface area contributed by atoms with Crippen LogP contribution in [0.4, 0.5) is 5.69 Å². The van der Waals surface area contributed by atoms with E-state index in [1.165, 1.54) is 0 Å². The Morgan fingerprint density at radius 2 is 1.84 bits per heavy atom. The third kappa shape index (κ3) is 4.02. The lowest BCUT2D eigenvalue weighted by Crippen LogP contribution is -2.48. The number of nitrogens with one attached hydrogen (secondary N) is 1. The molecule has 2 unspecified atom stereocenters. The monoisotopic (exact) mass is 343 g/mol. The number of anilines is 1. The van der Waals surface area contributed by atoms with Gasteiger partial charge in [-0.15, -0.1) is 0 Å². The Morgan fingerprint density at radius 3 is 2.40 bits per heavy atom. The second kappa shape index (κ2) is 7.27. The molecule has 6 heteroatoms. The number of carbonyl (C=O) groups excluding carboxylic acids is 1. The van der Waals surface area contributed by atoms with Crippen molar-refractivity contribution in [3.63, 3.8) is 0 Å². The fraction of sp³-hybridized carbons (Fsp3) is 0.474. The van der Waals surface area contributed by atoms with Gasteiger partial charge in [0.2, 0.25) is 0 Å². The zero-order valence-electron chi connectivity index (χ0n) is 15.2. The molecule has 0 spiro atoms. The fourth-order valence-corrected chi connectivity index (χ4v) is 3.20. The number of benzene rings is 1. The predicted molar refractivity (Wildman–Crippen MR) is 95.7 cm³/mol. The van der Waals surface area contributed by atoms with E-state index in [2.05, 4.69) is 10.5 Å². The van der Waals surface area contributed by atoms with Gasteiger partial charge in [-0.3, -0.25) is 4.79 Å². The maximum absolute atomic E-state index is 12.7. The highest BCUT2D eigenvalue weighted by Gasteiger charge is 2.26. The van der Waals surface area contributed by atoms with Crippen molar-refractivity contribution in [1.29, 1.82) is 0 Å². The number of morpholine rings is 1. The smallest absolute Gasteiger partial charge is 0.254 e. The summed E-state index contributed by atoms with van der Waals surface area (Å²) in [6, 6.07) is 7.59. The van der Waals surface area contributed by atoms with Gasteiger partial charge in [-0.2, -0.15) is 0 Å². The minimum Gasteiger partial charge on any atom is -0.381 e. The molecule has 0 saturated carbocycles. The van der Waals surface area contributed by atoms with Crippen molar-refractivity contribution in [2.75, 3.05) is 18.4 Å². The van der Waals surface area contributed by atoms with Crippen molar-refractivity contribution in [3.05, 3.63) is 46.8 Å². The number of amides is 1. The van der Waals surface area contributed by atoms with Gasteiger partial charge in [-0.05, 0) is 52.0 Å². The SMILES string of the molecule is Cc1noc(C)c1CNc1ccc(C(=O)N2CC(C)OC(C)C2)cc1. The molecule has 1 fully saturated rings. The van der Waals surface area contributed by atoms with E-state index in [1.807, 2.05) is 56.9 Å². The largest absolute Gasteiger partial charge is 0.381 e. The van der Waals surface area contributed by atoms with E-state index in [4.69, 9.17) is 9.26 Å². The number of aryl methyl sites for hydroxylation is 2. The molecule has 0 bridgehead atoms. The molecule has 1 aromatic carbocycles. The zero-order chi connectivity index (χ0) is 18.0. The lowest BCUT2D eigenvalue weighted by molar-refractivity contribution is -0.0586. The fourth-order valence-electron chi connectivity index (χ4n) is 3.20. The van der Waals surface area contributed by atoms with E-state index >= 15 is 0 Å². The highest BCUT2D eigenvalue weighted by Crippen LogP contribution is 2.18. The summed E-state index contributed by atoms with van der Waals surface area (Å²) in [5, 5.41) is 7.30. The van der Waals surface area contributed by atoms with Crippen LogP contribution in [-0.2, 0) is 11.3 Å². The molecule has 1 saturated heterocycles. The number of aromatic nitrogens is 1. The van der Waals surface area contributed by atoms with Crippen molar-refractivity contribution < 1.29 is 14.1 Å². The topological polar surface area (TPSA) is 67.6 Å². The van der Waals surface area contributed by atoms with Gasteiger partial charge in [0.05, 0.1) is 17.9 Å². The summed E-state index contributed by atoms with van der Waals surface area (Å²) in [5.74, 6) is 0.881. The second-order valence-corrected chi connectivity index (χ2v) is 6.70. The van der Waals surface area contributed by atoms with Crippen LogP contribution in [-0.4, -0.2) is 41.3 Å². The average molecular weight is 343 g/mol. The summed E-state index contributed by atoms with van der Waals surface area (Å²) in [7, 11) is 0. The first kappa shape index (κ1) is 17.5. The van der Waals surface area contributed by atoms with E-state index in [0.29, 0.717) is 25.2 Å². The van der Waals surface area contributed by atoms with Crippen LogP contribution in [0.5, 0.6) is 0 Å². The molecule has 1 N–H and O–H groups in total. The van der Waals surface area contributed by atoms with E-state index in [0.717, 1.165) is 22.7 Å². The highest BCUT2D eigenvalue weighted by molar-refractivity contribution is 5.94. The van der Waals surface area contributed by atoms with Crippen LogP contribution in [0.3, 0.4) is 0 Å². The number of rotatable bonds is 4. The Balaban J connectivity index is 1.63. The molecule has 1 aliphatic heterocycles. The standard InChI is InChI=1S/C19H25N3O3/c1-12-10-22(11-13(2)24-12)19(23)16-5-7-17(8-6-16)20-9-18-14(3)21-25-15(18)4/h5-8,12-13,20H,9-11H2,1-4H3. The van der Waals surface area contributed by atoms with Gasteiger partial charge < -0.3 is 19.5 Å². The third-order valence-electron chi connectivity index (χ3n) is 4.49. The van der Waals surface area contributed by atoms with E-state index in [-0.39, 0.29) is 18.1 Å². The Kier molecular flexibility index (Phi) is 5.08. The van der Waals surface area contributed by atoms with Gasteiger partial charge in [-0.25, -0.2) is 0 Å². The van der Waals surface area contributed by atoms with Gasteiger partial charge in [0.25, 0.3) is 5.91 Å². The van der Waals surface area contributed by atoms with Crippen molar-refractivity contribution >= 4 is 11.6 Å². The van der Waals surface area contributed by atoms with Crippen LogP contribution in [0.1, 0.15) is 41.2 Å². The van der Waals surface area contributed by atoms with Crippen LogP contribution in [0.2, 0.25) is 0 Å². The van der Waals surface area contributed by atoms with Crippen LogP contribution in [0.15, 0.2) is 28.8 Å². The summed E-state index contributed by atoms with van der Waals surface area (Å²) in [4.78, 5) is 14.5. The molecule has 2 atom stereocenters. The summed E-state index contributed by atoms with van der Waals surface area (Å²) >= 11 is 0. The molecule has 1 aliphatic rings. The molecule has 1 aromatic heterocycles. The van der Waals surface area contributed by atoms with Gasteiger partial charge in [-0.1, -0.05) is 5.16 Å². The molecule has 3 rings (SSSR count). The van der Waals surface area contributed by atoms with Crippen LogP contribution >= 0.6 is 0 Å². The number of carbonyl (C=O) groups is 1. The maximum Gasteiger partial charge on any atom is 0.254 e. The third-order valence-corrected chi connectivity index (χ3v) is 4.49. The lowest BCUT2D eigenvalue weighted by Gasteiger charge is -2.35. The summed E-state index contributed by atoms with van der Waals surface area (Å²) in [6.45, 7) is 9.75. The number of nitrogens with zero attached hydrogens (tertiary/aromatic N) is 2. The normalized spacial score (nSPS) is 20.6. The van der Waals surface area contributed by atoms with Gasteiger partial charge in [0, 0.05) is 36.4 Å². The van der Waals surface area contributed by atoms with Gasteiger partial charge in [0.1, 0.15) is 5.76 Å². The Hall–Kier alpha value is -2.34. The molecular formula is C19H25N3O3. The molecule has 0 radical (unpaired) electrons. The first-order valence-corrected chi connectivity index (χ1v) is 8.64. The molecule has 2 heterocycles. The second-order valence-electron chi connectivity index (χ2n) is 6.70. The first-order valence-electron chi connectivity index (χ1n) is 8.64. The lowest BCUT2D eigenvalue weighted by atomic mass is 10.1. The van der Waals surface area contributed by atoms with Crippen LogP contribution in [0.25, 0.3) is 0 Å². The van der Waals surface area contributed by atoms with Crippen LogP contribution < -0.4 is 5.32 Å². The number of ether oxygens (including phenoxy) is 1. The molecular weight excluding hydrogens is 318 g/mol. The number of hydrogen-bond acceptors (Lipinski definition) is 5. The van der Waals surface area contributed by atoms with E-state index in [1.54, 1.807) is 0 Å². The molecule has 0 aliphatic carbocycles. The quantitative estimate of drug-likeness (QED) is 0.924. The predicted octanol–water partition coefficient (Wildman–Crippen LogP) is 3.15. The Labute approximate surface area is 148 Å². The summed E-state index contributed by atoms with van der Waals surface area (Å²) in [6.07, 6.45) is 0.146. The summed E-state index contributed by atoms with van der Waals surface area (Å²) < 4.78 is 10.9. The zero-order valence-corrected chi connectivity index (χ0v) is 15.2. The van der Waals surface area contributed by atoms with E-state index in [9.17, 15) is 4.79 Å². The molecule has 1 amide bonds. The Morgan fingerprint density at radius 1 is 1.20 bits per heavy atom. The van der Waals surface area contributed by atoms with Gasteiger partial charge >= 0.3 is 0 Å². The van der Waals surface area contributed by atoms with Crippen molar-refractivity contribution in [2.45, 2.75) is 46.4 Å². The van der Waals surface area contributed by atoms with Crippen molar-refractivity contribution in [1.82, 2.24) is 10.1 Å². The number of hydrogen-bond donors (Lipinski definition) is 1. The molecule has 25 heavy (non-hydrogen) atoms. The molecule has 134 valence electrons. The minimum atomic E-state index is 0.0549. The van der Waals surface area contributed by atoms with Crippen LogP contribution in [0, 0.1) is 13.8 Å². The van der Waals surface area contributed by atoms with Gasteiger partial charge in [0.15, 0.2) is 0 Å². The molecule has 6 nitrogen and oxygen atoms in total. The molecule has 2 aromatic rings. The van der Waals surface area contributed by atoms with E-state index < -0.39 is 0 Å². The Bertz CT molecular complexity index is 709. The highest BCUT2D eigenvalue weighted by atomic mass is 16.5. The minimum absolute atomic E-state index is 0.0549. The summed E-state index contributed by atoms with van der Waals surface area (Å²) in [5.41, 5.74) is 3.62.